The molecule has 304 valence electrons. The van der Waals surface area contributed by atoms with Gasteiger partial charge in [0.25, 0.3) is 0 Å². The molecule has 0 saturated heterocycles. The van der Waals surface area contributed by atoms with E-state index in [0.29, 0.717) is 0 Å². The molecule has 0 fully saturated rings. The molecular formula is C59H49BN2S. The lowest BCUT2D eigenvalue weighted by Crippen LogP contribution is -2.62. The van der Waals surface area contributed by atoms with E-state index < -0.39 is 0 Å². The van der Waals surface area contributed by atoms with Gasteiger partial charge >= 0.3 is 6.85 Å². The SMILES string of the molecule is CC1(C)CCC(C)(C)c2cc3c(cc21)N1c2cc4c(sc5ccccc54)c4c2B(c2cccc(c21)C3(C)C)N(c1ccc(-c2ccccc2)cc1)c1cc(-c2ccccc2)ccc1-4. The maximum Gasteiger partial charge on any atom is 0.333 e. The van der Waals surface area contributed by atoms with E-state index in [0.717, 1.165) is 0 Å². The van der Waals surface area contributed by atoms with Crippen LogP contribution in [0.2, 0.25) is 0 Å². The molecule has 0 radical (unpaired) electrons. The number of thiophene rings is 1. The molecule has 13 rings (SSSR count). The maximum absolute atomic E-state index is 2.73. The minimum Gasteiger partial charge on any atom is -0.376 e. The summed E-state index contributed by atoms with van der Waals surface area (Å²) < 4.78 is 2.71. The van der Waals surface area contributed by atoms with Crippen LogP contribution in [0.4, 0.5) is 28.4 Å². The Morgan fingerprint density at radius 1 is 0.492 bits per heavy atom. The topological polar surface area (TPSA) is 6.48 Å². The lowest BCUT2D eigenvalue weighted by molar-refractivity contribution is 0.331. The second kappa shape index (κ2) is 12.9. The summed E-state index contributed by atoms with van der Waals surface area (Å²) in [6.45, 7) is 14.8. The van der Waals surface area contributed by atoms with Crippen molar-refractivity contribution in [1.82, 2.24) is 0 Å². The first-order valence-electron chi connectivity index (χ1n) is 22.8. The average molecular weight is 829 g/mol. The Morgan fingerprint density at radius 3 is 1.86 bits per heavy atom. The van der Waals surface area contributed by atoms with Crippen LogP contribution < -0.4 is 20.6 Å². The standard InChI is InChI=1S/C59H49BN2S/c1-57(2)30-31-58(3,4)46-35-50-47(34-45(46)57)59(5,6)44-21-15-22-48-55(44)61(50)51-33-43-41-20-13-14-23-52(41)63-56(43)53-42-29-26-39(37-18-11-8-12-19-37)32-49(42)62(60(48)54(51)53)40-27-24-38(25-28-40)36-16-9-7-10-17-36/h7-29,32-35H,30-31H2,1-6H3. The molecule has 0 spiro atoms. The van der Waals surface area contributed by atoms with Crippen LogP contribution in [0, 0.1) is 0 Å². The second-order valence-electron chi connectivity index (χ2n) is 20.3. The number of benzene rings is 8. The quantitative estimate of drug-likeness (QED) is 0.164. The van der Waals surface area contributed by atoms with Gasteiger partial charge in [-0.05, 0) is 116 Å². The van der Waals surface area contributed by atoms with Crippen molar-refractivity contribution in [1.29, 1.82) is 0 Å². The lowest BCUT2D eigenvalue weighted by atomic mass is 9.42. The van der Waals surface area contributed by atoms with E-state index in [1.165, 1.54) is 128 Å². The van der Waals surface area contributed by atoms with Crippen molar-refractivity contribution >= 4 is 77.7 Å². The highest BCUT2D eigenvalue weighted by molar-refractivity contribution is 7.26. The van der Waals surface area contributed by atoms with Gasteiger partial charge in [-0.1, -0.05) is 169 Å². The van der Waals surface area contributed by atoms with Crippen molar-refractivity contribution in [3.8, 4) is 33.4 Å². The molecule has 4 aliphatic rings. The molecule has 0 amide bonds. The first kappa shape index (κ1) is 37.2. The zero-order valence-electron chi connectivity index (χ0n) is 36.9. The molecule has 0 saturated carbocycles. The van der Waals surface area contributed by atoms with Gasteiger partial charge in [0.05, 0.1) is 5.69 Å². The summed E-state index contributed by atoms with van der Waals surface area (Å²) in [7, 11) is 0. The summed E-state index contributed by atoms with van der Waals surface area (Å²) in [5, 5.41) is 2.67. The zero-order valence-corrected chi connectivity index (χ0v) is 37.7. The molecule has 1 aromatic heterocycles. The molecule has 0 atom stereocenters. The van der Waals surface area contributed by atoms with E-state index in [4.69, 9.17) is 0 Å². The number of nitrogens with zero attached hydrogens (tertiary/aromatic N) is 2. The van der Waals surface area contributed by atoms with Gasteiger partial charge in [-0.2, -0.15) is 0 Å². The Hall–Kier alpha value is -6.36. The van der Waals surface area contributed by atoms with Gasteiger partial charge in [0.15, 0.2) is 0 Å². The highest BCUT2D eigenvalue weighted by Crippen LogP contribution is 2.59. The van der Waals surface area contributed by atoms with Crippen molar-refractivity contribution < 1.29 is 0 Å². The number of para-hydroxylation sites is 1. The Labute approximate surface area is 375 Å². The summed E-state index contributed by atoms with van der Waals surface area (Å²) in [5.41, 5.74) is 22.6. The molecular weight excluding hydrogens is 780 g/mol. The van der Waals surface area contributed by atoms with Crippen molar-refractivity contribution in [2.75, 3.05) is 9.71 Å². The average Bonchev–Trinajstić information content (AvgIpc) is 3.68. The highest BCUT2D eigenvalue weighted by atomic mass is 32.1. The van der Waals surface area contributed by atoms with Crippen LogP contribution in [0.15, 0.2) is 164 Å². The third kappa shape index (κ3) is 5.13. The highest BCUT2D eigenvalue weighted by Gasteiger charge is 2.51. The first-order chi connectivity index (χ1) is 30.5. The predicted octanol–water partition coefficient (Wildman–Crippen LogP) is 15.1. The van der Waals surface area contributed by atoms with Crippen LogP contribution in [0.5, 0.6) is 0 Å². The van der Waals surface area contributed by atoms with E-state index in [9.17, 15) is 0 Å². The molecule has 1 aliphatic carbocycles. The Bertz CT molecular complexity index is 3380. The molecule has 4 heteroatoms. The van der Waals surface area contributed by atoms with E-state index in [2.05, 4.69) is 215 Å². The molecule has 8 aromatic carbocycles. The monoisotopic (exact) mass is 828 g/mol. The second-order valence-corrected chi connectivity index (χ2v) is 21.4. The van der Waals surface area contributed by atoms with E-state index in [1.54, 1.807) is 0 Å². The maximum atomic E-state index is 2.73. The zero-order chi connectivity index (χ0) is 42.6. The molecule has 4 heterocycles. The van der Waals surface area contributed by atoms with E-state index >= 15 is 0 Å². The molecule has 0 bridgehead atoms. The number of hydrogen-bond donors (Lipinski definition) is 0. The Balaban J connectivity index is 1.17. The van der Waals surface area contributed by atoms with Crippen LogP contribution in [0.25, 0.3) is 53.6 Å². The summed E-state index contributed by atoms with van der Waals surface area (Å²) >= 11 is 1.96. The number of anilines is 5. The van der Waals surface area contributed by atoms with Gasteiger partial charge in [0.2, 0.25) is 0 Å². The van der Waals surface area contributed by atoms with Crippen molar-refractivity contribution in [2.24, 2.45) is 0 Å². The molecule has 0 N–H and O–H groups in total. The van der Waals surface area contributed by atoms with Gasteiger partial charge in [0.1, 0.15) is 0 Å². The summed E-state index contributed by atoms with van der Waals surface area (Å²) in [5.74, 6) is 0. The number of hydrogen-bond acceptors (Lipinski definition) is 3. The first-order valence-corrected chi connectivity index (χ1v) is 23.6. The summed E-state index contributed by atoms with van der Waals surface area (Å²) in [4.78, 5) is 5.42. The third-order valence-corrected chi connectivity index (χ3v) is 16.7. The smallest absolute Gasteiger partial charge is 0.333 e. The van der Waals surface area contributed by atoms with Crippen LogP contribution in [-0.4, -0.2) is 6.85 Å². The van der Waals surface area contributed by atoms with Crippen LogP contribution >= 0.6 is 11.3 Å². The fourth-order valence-corrected chi connectivity index (χ4v) is 13.2. The third-order valence-electron chi connectivity index (χ3n) is 15.5. The van der Waals surface area contributed by atoms with Crippen molar-refractivity contribution in [2.45, 2.75) is 70.6 Å². The van der Waals surface area contributed by atoms with Crippen LogP contribution in [-0.2, 0) is 16.2 Å². The van der Waals surface area contributed by atoms with Crippen molar-refractivity contribution in [3.63, 3.8) is 0 Å². The van der Waals surface area contributed by atoms with Gasteiger partial charge in [-0.3, -0.25) is 0 Å². The van der Waals surface area contributed by atoms with Gasteiger partial charge in [-0.15, -0.1) is 11.3 Å². The largest absolute Gasteiger partial charge is 0.376 e. The molecule has 63 heavy (non-hydrogen) atoms. The minimum atomic E-state index is -0.224. The van der Waals surface area contributed by atoms with Gasteiger partial charge in [0, 0.05) is 59.5 Å². The summed E-state index contributed by atoms with van der Waals surface area (Å²) in [6, 6.07) is 62.4. The number of fused-ring (bicyclic) bond motifs is 11. The van der Waals surface area contributed by atoms with Crippen LogP contribution in [0.1, 0.15) is 76.6 Å². The fraction of sp³-hybridized carbons (Fsp3) is 0.186. The van der Waals surface area contributed by atoms with Crippen LogP contribution in [0.3, 0.4) is 0 Å². The Morgan fingerprint density at radius 2 is 1.13 bits per heavy atom. The molecule has 2 nitrogen and oxygen atoms in total. The van der Waals surface area contributed by atoms with E-state index in [-0.39, 0.29) is 23.1 Å². The summed E-state index contributed by atoms with van der Waals surface area (Å²) in [6.07, 6.45) is 2.38. The fourth-order valence-electron chi connectivity index (χ4n) is 12.0. The van der Waals surface area contributed by atoms with Gasteiger partial charge in [-0.25, -0.2) is 0 Å². The molecule has 0 unspecified atom stereocenters. The van der Waals surface area contributed by atoms with Crippen molar-refractivity contribution in [3.05, 3.63) is 186 Å². The van der Waals surface area contributed by atoms with E-state index in [1.807, 2.05) is 11.3 Å². The molecule has 9 aromatic rings. The predicted molar refractivity (Wildman–Crippen MR) is 271 cm³/mol. The minimum absolute atomic E-state index is 0.0673. The number of rotatable bonds is 3. The lowest BCUT2D eigenvalue weighted by Gasteiger charge is -2.52. The van der Waals surface area contributed by atoms with Gasteiger partial charge < -0.3 is 9.71 Å². The normalized spacial score (nSPS) is 16.9. The molecule has 3 aliphatic heterocycles. The Kier molecular flexibility index (Phi) is 7.60.